The first-order valence-electron chi connectivity index (χ1n) is 16.0. The third-order valence-electron chi connectivity index (χ3n) is 9.16. The zero-order valence-corrected chi connectivity index (χ0v) is 25.5. The summed E-state index contributed by atoms with van der Waals surface area (Å²) in [6.45, 7) is 4.47. The summed E-state index contributed by atoms with van der Waals surface area (Å²) in [5.41, 5.74) is 2.19. The van der Waals surface area contributed by atoms with Crippen molar-refractivity contribution in [3.8, 4) is 0 Å². The van der Waals surface area contributed by atoms with Crippen molar-refractivity contribution in [1.82, 2.24) is 20.5 Å². The quantitative estimate of drug-likeness (QED) is 0.259. The van der Waals surface area contributed by atoms with E-state index in [0.717, 1.165) is 38.7 Å². The Hall–Kier alpha value is -3.76. The standard InChI is InChI=1S/C35H40F3N5O2/c1-21-14-24(17-26(37)15-21)33(23-4-6-25(36)7-5-23)34(42-32(44)16-22-2-3-22)35(45)41-31-20-40-19-30(38)29(31)11-10-28-18-39-12-13-43(28)27-8-9-27/h4-7,14-15,17,19-20,22,27-28,33-34,39H,2-3,8-13,16,18H2,1H3,(H,41,45)(H,42,44)/t28-,33-,34-/m0/s1. The van der Waals surface area contributed by atoms with Gasteiger partial charge >= 0.3 is 0 Å². The second-order valence-corrected chi connectivity index (χ2v) is 12.8. The van der Waals surface area contributed by atoms with Gasteiger partial charge in [-0.25, -0.2) is 13.2 Å². The molecule has 10 heteroatoms. The van der Waals surface area contributed by atoms with Crippen LogP contribution in [0.2, 0.25) is 0 Å². The number of benzene rings is 2. The third kappa shape index (κ3) is 7.91. The highest BCUT2D eigenvalue weighted by molar-refractivity contribution is 5.98. The maximum absolute atomic E-state index is 15.3. The number of pyridine rings is 1. The number of aryl methyl sites for hydroxylation is 1. The van der Waals surface area contributed by atoms with Crippen LogP contribution in [0.5, 0.6) is 0 Å². The molecule has 0 unspecified atom stereocenters. The van der Waals surface area contributed by atoms with Gasteiger partial charge in [0, 0.05) is 49.6 Å². The molecule has 6 rings (SSSR count). The molecule has 1 aromatic heterocycles. The molecular weight excluding hydrogens is 579 g/mol. The first-order valence-corrected chi connectivity index (χ1v) is 16.0. The number of amides is 2. The molecule has 3 aliphatic rings. The van der Waals surface area contributed by atoms with Gasteiger partial charge in [0.15, 0.2) is 0 Å². The van der Waals surface area contributed by atoms with E-state index in [1.165, 1.54) is 55.4 Å². The molecule has 3 N–H and O–H groups in total. The van der Waals surface area contributed by atoms with Gasteiger partial charge < -0.3 is 16.0 Å². The molecular formula is C35H40F3N5O2. The molecule has 238 valence electrons. The fourth-order valence-corrected chi connectivity index (χ4v) is 6.58. The van der Waals surface area contributed by atoms with Crippen molar-refractivity contribution in [1.29, 1.82) is 0 Å². The lowest BCUT2D eigenvalue weighted by molar-refractivity contribution is -0.127. The summed E-state index contributed by atoms with van der Waals surface area (Å²) in [6, 6.07) is 9.72. The van der Waals surface area contributed by atoms with Crippen molar-refractivity contribution in [3.05, 3.63) is 94.6 Å². The van der Waals surface area contributed by atoms with E-state index in [2.05, 4.69) is 25.8 Å². The number of hydrogen-bond donors (Lipinski definition) is 3. The van der Waals surface area contributed by atoms with E-state index in [1.807, 2.05) is 0 Å². The van der Waals surface area contributed by atoms with Gasteiger partial charge in [-0.05, 0) is 92.3 Å². The SMILES string of the molecule is Cc1cc(F)cc([C@H](c2ccc(F)cc2)[C@H](NC(=O)CC2CC2)C(=O)Nc2cncc(F)c2CC[C@H]2CNCCN2C2CC2)c1. The normalized spacial score (nSPS) is 20.0. The number of carbonyl (C=O) groups is 2. The van der Waals surface area contributed by atoms with Crippen molar-refractivity contribution in [2.75, 3.05) is 25.0 Å². The molecule has 3 aromatic rings. The van der Waals surface area contributed by atoms with Crippen LogP contribution in [0.1, 0.15) is 66.7 Å². The van der Waals surface area contributed by atoms with Crippen LogP contribution in [0, 0.1) is 30.3 Å². The van der Waals surface area contributed by atoms with E-state index in [1.54, 1.807) is 13.0 Å². The van der Waals surface area contributed by atoms with Gasteiger partial charge in [0.2, 0.25) is 11.8 Å². The van der Waals surface area contributed by atoms with E-state index in [4.69, 9.17) is 0 Å². The highest BCUT2D eigenvalue weighted by Crippen LogP contribution is 2.35. The molecule has 2 saturated carbocycles. The number of halogens is 3. The van der Waals surface area contributed by atoms with Crippen molar-refractivity contribution < 1.29 is 22.8 Å². The summed E-state index contributed by atoms with van der Waals surface area (Å²) in [5, 5.41) is 9.22. The second-order valence-electron chi connectivity index (χ2n) is 12.8. The summed E-state index contributed by atoms with van der Waals surface area (Å²) >= 11 is 0. The molecule has 2 aliphatic carbocycles. The second kappa shape index (κ2) is 13.7. The number of anilines is 1. The van der Waals surface area contributed by atoms with E-state index >= 15 is 4.39 Å². The molecule has 3 fully saturated rings. The predicted octanol–water partition coefficient (Wildman–Crippen LogP) is 5.23. The Balaban J connectivity index is 1.31. The zero-order valence-electron chi connectivity index (χ0n) is 25.5. The Bertz CT molecular complexity index is 1510. The minimum atomic E-state index is -1.20. The number of nitrogens with zero attached hydrogens (tertiary/aromatic N) is 2. The predicted molar refractivity (Wildman–Crippen MR) is 166 cm³/mol. The van der Waals surface area contributed by atoms with Gasteiger partial charge in [-0.1, -0.05) is 18.2 Å². The van der Waals surface area contributed by atoms with Crippen molar-refractivity contribution in [3.63, 3.8) is 0 Å². The molecule has 0 spiro atoms. The van der Waals surface area contributed by atoms with Crippen LogP contribution < -0.4 is 16.0 Å². The highest BCUT2D eigenvalue weighted by Gasteiger charge is 2.37. The summed E-state index contributed by atoms with van der Waals surface area (Å²) in [5.74, 6) is -2.96. The summed E-state index contributed by atoms with van der Waals surface area (Å²) in [6.07, 6.45) is 8.21. The van der Waals surface area contributed by atoms with Crippen molar-refractivity contribution in [2.24, 2.45) is 5.92 Å². The molecule has 45 heavy (non-hydrogen) atoms. The number of aromatic nitrogens is 1. The van der Waals surface area contributed by atoms with Crippen LogP contribution in [-0.4, -0.2) is 59.5 Å². The van der Waals surface area contributed by atoms with E-state index in [9.17, 15) is 18.4 Å². The van der Waals surface area contributed by atoms with Gasteiger partial charge in [-0.3, -0.25) is 19.5 Å². The summed E-state index contributed by atoms with van der Waals surface area (Å²) < 4.78 is 44.0. The fourth-order valence-electron chi connectivity index (χ4n) is 6.58. The average molecular weight is 620 g/mol. The maximum Gasteiger partial charge on any atom is 0.247 e. The number of piperazine rings is 1. The molecule has 2 amide bonds. The summed E-state index contributed by atoms with van der Waals surface area (Å²) in [4.78, 5) is 34.0. The fraction of sp³-hybridized carbons (Fsp3) is 0.457. The highest BCUT2D eigenvalue weighted by atomic mass is 19.1. The molecule has 1 saturated heterocycles. The molecule has 0 bridgehead atoms. The van der Waals surface area contributed by atoms with Crippen LogP contribution in [-0.2, 0) is 16.0 Å². The van der Waals surface area contributed by atoms with Crippen LogP contribution in [0.25, 0.3) is 0 Å². The molecule has 3 atom stereocenters. The number of nitrogens with one attached hydrogen (secondary N) is 3. The zero-order chi connectivity index (χ0) is 31.5. The molecule has 2 heterocycles. The molecule has 0 radical (unpaired) electrons. The Morgan fingerprint density at radius 2 is 1.78 bits per heavy atom. The Labute approximate surface area is 262 Å². The van der Waals surface area contributed by atoms with Crippen LogP contribution >= 0.6 is 0 Å². The number of rotatable bonds is 12. The van der Waals surface area contributed by atoms with E-state index in [0.29, 0.717) is 41.1 Å². The Morgan fingerprint density at radius 1 is 1.00 bits per heavy atom. The maximum atomic E-state index is 15.3. The topological polar surface area (TPSA) is 86.4 Å². The number of hydrogen-bond acceptors (Lipinski definition) is 5. The molecule has 2 aromatic carbocycles. The minimum absolute atomic E-state index is 0.233. The lowest BCUT2D eigenvalue weighted by Crippen LogP contribution is -2.52. The van der Waals surface area contributed by atoms with Gasteiger partial charge in [0.25, 0.3) is 0 Å². The monoisotopic (exact) mass is 619 g/mol. The van der Waals surface area contributed by atoms with Crippen molar-refractivity contribution >= 4 is 17.5 Å². The minimum Gasteiger partial charge on any atom is -0.343 e. The summed E-state index contributed by atoms with van der Waals surface area (Å²) in [7, 11) is 0. The lowest BCUT2D eigenvalue weighted by atomic mass is 9.83. The first-order chi connectivity index (χ1) is 21.7. The van der Waals surface area contributed by atoms with Gasteiger partial charge in [-0.2, -0.15) is 0 Å². The third-order valence-corrected chi connectivity index (χ3v) is 9.16. The Kier molecular flexibility index (Phi) is 9.51. The van der Waals surface area contributed by atoms with E-state index in [-0.39, 0.29) is 30.0 Å². The van der Waals surface area contributed by atoms with E-state index < -0.39 is 35.3 Å². The average Bonchev–Trinajstić information content (AvgIpc) is 3.93. The number of carbonyl (C=O) groups excluding carboxylic acids is 2. The van der Waals surface area contributed by atoms with Gasteiger partial charge in [0.1, 0.15) is 23.5 Å². The van der Waals surface area contributed by atoms with Gasteiger partial charge in [-0.15, -0.1) is 0 Å². The van der Waals surface area contributed by atoms with Crippen LogP contribution in [0.15, 0.2) is 54.9 Å². The van der Waals surface area contributed by atoms with Gasteiger partial charge in [0.05, 0.1) is 18.1 Å². The molecule has 7 nitrogen and oxygen atoms in total. The van der Waals surface area contributed by atoms with Crippen LogP contribution in [0.4, 0.5) is 18.9 Å². The molecule has 1 aliphatic heterocycles. The van der Waals surface area contributed by atoms with Crippen molar-refractivity contribution in [2.45, 2.75) is 75.9 Å². The lowest BCUT2D eigenvalue weighted by Gasteiger charge is -2.36. The Morgan fingerprint density at radius 3 is 2.49 bits per heavy atom. The smallest absolute Gasteiger partial charge is 0.247 e. The largest absolute Gasteiger partial charge is 0.343 e. The van der Waals surface area contributed by atoms with Crippen LogP contribution in [0.3, 0.4) is 0 Å². The first kappa shape index (κ1) is 31.2.